The lowest BCUT2D eigenvalue weighted by Gasteiger charge is -2.36. The summed E-state index contributed by atoms with van der Waals surface area (Å²) in [4.78, 5) is 10.8. The first-order chi connectivity index (χ1) is 5.98. The van der Waals surface area contributed by atoms with Crippen LogP contribution in [0.5, 0.6) is 0 Å². The minimum atomic E-state index is -0.852. The summed E-state index contributed by atoms with van der Waals surface area (Å²) in [6.07, 6.45) is 7.40. The summed E-state index contributed by atoms with van der Waals surface area (Å²) in [5.74, 6) is -1.36. The number of carboxylic acids is 1. The minimum Gasteiger partial charge on any atom is -0.481 e. The molecule has 13 heavy (non-hydrogen) atoms. The van der Waals surface area contributed by atoms with Crippen LogP contribution in [-0.4, -0.2) is 16.6 Å². The summed E-state index contributed by atoms with van der Waals surface area (Å²) in [7, 11) is 0. The van der Waals surface area contributed by atoms with Crippen molar-refractivity contribution in [2.24, 2.45) is 17.6 Å². The maximum atomic E-state index is 10.8. The van der Waals surface area contributed by atoms with Crippen molar-refractivity contribution >= 4 is 5.97 Å². The number of aliphatic carboxylic acids is 1. The molecule has 3 N–H and O–H groups in total. The first-order valence-corrected chi connectivity index (χ1v) is 4.36. The highest BCUT2D eigenvalue weighted by molar-refractivity contribution is 5.72. The second-order valence-corrected chi connectivity index (χ2v) is 3.59. The van der Waals surface area contributed by atoms with Gasteiger partial charge in [0.15, 0.2) is 0 Å². The van der Waals surface area contributed by atoms with Gasteiger partial charge < -0.3 is 10.8 Å². The molecule has 0 aromatic carbocycles. The van der Waals surface area contributed by atoms with E-state index in [9.17, 15) is 4.79 Å². The Hall–Kier alpha value is -1.09. The summed E-state index contributed by atoms with van der Waals surface area (Å²) >= 11 is 0. The maximum absolute atomic E-state index is 10.8. The fraction of sp³-hybridized carbons (Fsp3) is 0.500. The van der Waals surface area contributed by atoms with E-state index in [1.54, 1.807) is 19.1 Å². The molecule has 0 spiro atoms. The Kier molecular flexibility index (Phi) is 2.57. The van der Waals surface area contributed by atoms with Gasteiger partial charge in [0, 0.05) is 0 Å². The number of carboxylic acid groups (broad SMARTS) is 1. The molecule has 72 valence electrons. The first-order valence-electron chi connectivity index (χ1n) is 4.36. The third kappa shape index (κ3) is 1.65. The van der Waals surface area contributed by atoms with E-state index in [2.05, 4.69) is 0 Å². The van der Waals surface area contributed by atoms with Gasteiger partial charge in [-0.05, 0) is 12.8 Å². The van der Waals surface area contributed by atoms with Gasteiger partial charge in [-0.25, -0.2) is 0 Å². The second kappa shape index (κ2) is 3.34. The van der Waals surface area contributed by atoms with Crippen LogP contribution < -0.4 is 5.73 Å². The van der Waals surface area contributed by atoms with Gasteiger partial charge in [0.05, 0.1) is 11.5 Å². The number of hydrogen-bond acceptors (Lipinski definition) is 2. The van der Waals surface area contributed by atoms with Crippen LogP contribution >= 0.6 is 0 Å². The Balaban J connectivity index is 2.93. The normalized spacial score (nSPS) is 34.5. The van der Waals surface area contributed by atoms with Crippen molar-refractivity contribution in [2.75, 3.05) is 0 Å². The molecule has 0 saturated carbocycles. The number of nitrogens with two attached hydrogens (primary N) is 1. The topological polar surface area (TPSA) is 63.3 Å². The number of hydrogen-bond donors (Lipinski definition) is 2. The van der Waals surface area contributed by atoms with Gasteiger partial charge in [-0.15, -0.1) is 0 Å². The van der Waals surface area contributed by atoms with E-state index in [0.717, 1.165) is 0 Å². The standard InChI is InChI=1S/C10H15NO2/c1-7-5-3-4-6-10(7,11)8(2)9(12)13/h3-8H,11H2,1-2H3,(H,12,13). The zero-order chi connectivity index (χ0) is 10.1. The molecule has 0 aromatic rings. The predicted molar refractivity (Wildman–Crippen MR) is 51.2 cm³/mol. The Morgan fingerprint density at radius 1 is 1.62 bits per heavy atom. The van der Waals surface area contributed by atoms with E-state index in [-0.39, 0.29) is 5.92 Å². The summed E-state index contributed by atoms with van der Waals surface area (Å²) in [6, 6.07) is 0. The van der Waals surface area contributed by atoms with Gasteiger partial charge in [0.2, 0.25) is 0 Å². The van der Waals surface area contributed by atoms with Gasteiger partial charge in [0.1, 0.15) is 0 Å². The quantitative estimate of drug-likeness (QED) is 0.672. The van der Waals surface area contributed by atoms with E-state index in [1.807, 2.05) is 19.1 Å². The molecule has 0 fully saturated rings. The molecule has 0 aliphatic heterocycles. The lowest BCUT2D eigenvalue weighted by Crippen LogP contribution is -2.52. The first kappa shape index (κ1) is 9.99. The molecular weight excluding hydrogens is 166 g/mol. The predicted octanol–water partition coefficient (Wildman–Crippen LogP) is 1.17. The highest BCUT2D eigenvalue weighted by Gasteiger charge is 2.38. The van der Waals surface area contributed by atoms with Crippen molar-refractivity contribution in [1.29, 1.82) is 0 Å². The van der Waals surface area contributed by atoms with Gasteiger partial charge in [0.25, 0.3) is 0 Å². The molecule has 1 rings (SSSR count). The fourth-order valence-corrected chi connectivity index (χ4v) is 1.52. The average molecular weight is 181 g/mol. The fourth-order valence-electron chi connectivity index (χ4n) is 1.52. The number of allylic oxidation sites excluding steroid dienone is 2. The van der Waals surface area contributed by atoms with Crippen molar-refractivity contribution < 1.29 is 9.90 Å². The smallest absolute Gasteiger partial charge is 0.308 e. The molecule has 0 radical (unpaired) electrons. The summed E-state index contributed by atoms with van der Waals surface area (Å²) in [5, 5.41) is 8.88. The minimum absolute atomic E-state index is 0.0589. The van der Waals surface area contributed by atoms with Crippen molar-refractivity contribution in [3.63, 3.8) is 0 Å². The zero-order valence-corrected chi connectivity index (χ0v) is 7.90. The molecule has 3 atom stereocenters. The molecule has 0 bridgehead atoms. The molecule has 0 amide bonds. The second-order valence-electron chi connectivity index (χ2n) is 3.59. The van der Waals surface area contributed by atoms with Crippen LogP contribution in [0.15, 0.2) is 24.3 Å². The Labute approximate surface area is 77.9 Å². The molecule has 3 heteroatoms. The van der Waals surface area contributed by atoms with Gasteiger partial charge >= 0.3 is 5.97 Å². The molecule has 3 unspecified atom stereocenters. The van der Waals surface area contributed by atoms with Crippen LogP contribution in [-0.2, 0) is 4.79 Å². The van der Waals surface area contributed by atoms with E-state index < -0.39 is 17.4 Å². The van der Waals surface area contributed by atoms with Gasteiger partial charge in [-0.1, -0.05) is 31.2 Å². The van der Waals surface area contributed by atoms with Gasteiger partial charge in [-0.2, -0.15) is 0 Å². The van der Waals surface area contributed by atoms with E-state index in [4.69, 9.17) is 10.8 Å². The van der Waals surface area contributed by atoms with Crippen molar-refractivity contribution in [1.82, 2.24) is 0 Å². The molecule has 1 aliphatic rings. The van der Waals surface area contributed by atoms with Crippen LogP contribution in [0.3, 0.4) is 0 Å². The third-order valence-electron chi connectivity index (χ3n) is 2.80. The van der Waals surface area contributed by atoms with Crippen LogP contribution in [0.25, 0.3) is 0 Å². The van der Waals surface area contributed by atoms with Gasteiger partial charge in [-0.3, -0.25) is 4.79 Å². The van der Waals surface area contributed by atoms with Crippen LogP contribution in [0.4, 0.5) is 0 Å². The molecule has 0 aromatic heterocycles. The zero-order valence-electron chi connectivity index (χ0n) is 7.90. The van der Waals surface area contributed by atoms with Crippen molar-refractivity contribution in [3.8, 4) is 0 Å². The summed E-state index contributed by atoms with van der Waals surface area (Å²) in [5.41, 5.74) is 5.28. The Bertz CT molecular complexity index is 270. The Morgan fingerprint density at radius 3 is 2.69 bits per heavy atom. The van der Waals surface area contributed by atoms with E-state index >= 15 is 0 Å². The monoisotopic (exact) mass is 181 g/mol. The lowest BCUT2D eigenvalue weighted by atomic mass is 9.74. The SMILES string of the molecule is CC1C=CC=CC1(N)C(C)C(=O)O. The average Bonchev–Trinajstić information content (AvgIpc) is 2.09. The van der Waals surface area contributed by atoms with E-state index in [0.29, 0.717) is 0 Å². The van der Waals surface area contributed by atoms with Crippen LogP contribution in [0, 0.1) is 11.8 Å². The Morgan fingerprint density at radius 2 is 2.23 bits per heavy atom. The molecule has 0 saturated heterocycles. The highest BCUT2D eigenvalue weighted by atomic mass is 16.4. The molecule has 1 aliphatic carbocycles. The van der Waals surface area contributed by atoms with Crippen LogP contribution in [0.1, 0.15) is 13.8 Å². The number of rotatable bonds is 2. The van der Waals surface area contributed by atoms with Crippen LogP contribution in [0.2, 0.25) is 0 Å². The lowest BCUT2D eigenvalue weighted by molar-refractivity contribution is -0.143. The van der Waals surface area contributed by atoms with Crippen molar-refractivity contribution in [3.05, 3.63) is 24.3 Å². The van der Waals surface area contributed by atoms with E-state index in [1.165, 1.54) is 0 Å². The third-order valence-corrected chi connectivity index (χ3v) is 2.80. The molecule has 0 heterocycles. The summed E-state index contributed by atoms with van der Waals surface area (Å²) in [6.45, 7) is 3.57. The maximum Gasteiger partial charge on any atom is 0.308 e. The molecular formula is C10H15NO2. The van der Waals surface area contributed by atoms with Crippen molar-refractivity contribution in [2.45, 2.75) is 19.4 Å². The highest BCUT2D eigenvalue weighted by Crippen LogP contribution is 2.29. The largest absolute Gasteiger partial charge is 0.481 e. The summed E-state index contributed by atoms with van der Waals surface area (Å²) < 4.78 is 0. The number of carbonyl (C=O) groups is 1. The molecule has 3 nitrogen and oxygen atoms in total.